The van der Waals surface area contributed by atoms with Crippen LogP contribution in [0.4, 0.5) is 18.9 Å². The van der Waals surface area contributed by atoms with Crippen molar-refractivity contribution in [2.45, 2.75) is 38.0 Å². The molecule has 0 spiro atoms. The molecule has 0 radical (unpaired) electrons. The highest BCUT2D eigenvalue weighted by atomic mass is 19.4. The number of hydrogen-bond acceptors (Lipinski definition) is 3. The van der Waals surface area contributed by atoms with Gasteiger partial charge in [-0.05, 0) is 43.0 Å². The Morgan fingerprint density at radius 1 is 1.13 bits per heavy atom. The van der Waals surface area contributed by atoms with Gasteiger partial charge in [0.1, 0.15) is 0 Å². The lowest BCUT2D eigenvalue weighted by atomic mass is 9.93. The number of carbonyl (C=O) groups is 1. The van der Waals surface area contributed by atoms with Crippen molar-refractivity contribution >= 4 is 11.6 Å². The van der Waals surface area contributed by atoms with Crippen molar-refractivity contribution in [3.63, 3.8) is 0 Å². The van der Waals surface area contributed by atoms with Gasteiger partial charge in [0, 0.05) is 16.9 Å². The molecule has 2 N–H and O–H groups in total. The molecule has 4 rings (SSSR count). The summed E-state index contributed by atoms with van der Waals surface area (Å²) >= 11 is 0. The zero-order valence-electron chi connectivity index (χ0n) is 16.8. The van der Waals surface area contributed by atoms with Crippen LogP contribution in [-0.2, 0) is 23.9 Å². The van der Waals surface area contributed by atoms with E-state index in [2.05, 4.69) is 27.9 Å². The molecule has 1 heterocycles. The predicted octanol–water partition coefficient (Wildman–Crippen LogP) is 4.56. The van der Waals surface area contributed by atoms with Crippen LogP contribution in [0.25, 0.3) is 0 Å². The van der Waals surface area contributed by atoms with Crippen LogP contribution >= 0.6 is 0 Å². The Kier molecular flexibility index (Phi) is 5.97. The minimum atomic E-state index is -4.42. The lowest BCUT2D eigenvalue weighted by Crippen LogP contribution is -2.35. The SMILES string of the molecule is O=C(CNc1cccc(C(F)(F)F)c1)NC1CCCc2c1cnn2Cc1ccccc1. The number of fused-ring (bicyclic) bond motifs is 1. The maximum Gasteiger partial charge on any atom is 0.416 e. The number of aromatic nitrogens is 2. The van der Waals surface area contributed by atoms with E-state index in [0.29, 0.717) is 6.54 Å². The van der Waals surface area contributed by atoms with Gasteiger partial charge in [0.2, 0.25) is 5.91 Å². The number of benzene rings is 2. The molecule has 5 nitrogen and oxygen atoms in total. The van der Waals surface area contributed by atoms with E-state index in [0.717, 1.165) is 48.2 Å². The first-order valence-electron chi connectivity index (χ1n) is 10.2. The largest absolute Gasteiger partial charge is 0.416 e. The first-order valence-corrected chi connectivity index (χ1v) is 10.2. The molecule has 1 unspecified atom stereocenters. The van der Waals surface area contributed by atoms with Gasteiger partial charge in [-0.15, -0.1) is 0 Å². The topological polar surface area (TPSA) is 59.0 Å². The predicted molar refractivity (Wildman–Crippen MR) is 112 cm³/mol. The minimum Gasteiger partial charge on any atom is -0.376 e. The maximum atomic E-state index is 12.8. The molecule has 0 saturated heterocycles. The second-order valence-electron chi connectivity index (χ2n) is 7.63. The molecule has 1 aliphatic rings. The van der Waals surface area contributed by atoms with Crippen LogP contribution in [0, 0.1) is 0 Å². The summed E-state index contributed by atoms with van der Waals surface area (Å²) < 4.78 is 40.5. The van der Waals surface area contributed by atoms with Crippen molar-refractivity contribution in [3.8, 4) is 0 Å². The molecule has 31 heavy (non-hydrogen) atoms. The third-order valence-corrected chi connectivity index (χ3v) is 5.42. The normalized spacial score (nSPS) is 15.9. The van der Waals surface area contributed by atoms with Crippen molar-refractivity contribution in [2.24, 2.45) is 0 Å². The second-order valence-corrected chi connectivity index (χ2v) is 7.63. The van der Waals surface area contributed by atoms with Gasteiger partial charge in [-0.2, -0.15) is 18.3 Å². The van der Waals surface area contributed by atoms with Gasteiger partial charge in [-0.3, -0.25) is 9.48 Å². The van der Waals surface area contributed by atoms with Crippen LogP contribution in [0.5, 0.6) is 0 Å². The summed E-state index contributed by atoms with van der Waals surface area (Å²) in [7, 11) is 0. The summed E-state index contributed by atoms with van der Waals surface area (Å²) in [5.41, 5.74) is 2.79. The lowest BCUT2D eigenvalue weighted by molar-refractivity contribution is -0.137. The molecular formula is C23H23F3N4O. The van der Waals surface area contributed by atoms with Crippen molar-refractivity contribution in [3.05, 3.63) is 83.2 Å². The summed E-state index contributed by atoms with van der Waals surface area (Å²) in [5.74, 6) is -0.272. The van der Waals surface area contributed by atoms with Gasteiger partial charge in [-0.25, -0.2) is 0 Å². The van der Waals surface area contributed by atoms with Crippen LogP contribution in [0.2, 0.25) is 0 Å². The highest BCUT2D eigenvalue weighted by Crippen LogP contribution is 2.31. The zero-order chi connectivity index (χ0) is 21.8. The fraction of sp³-hybridized carbons (Fsp3) is 0.304. The van der Waals surface area contributed by atoms with Crippen molar-refractivity contribution in [1.82, 2.24) is 15.1 Å². The highest BCUT2D eigenvalue weighted by Gasteiger charge is 2.30. The average Bonchev–Trinajstić information content (AvgIpc) is 3.16. The van der Waals surface area contributed by atoms with Gasteiger partial charge >= 0.3 is 6.18 Å². The van der Waals surface area contributed by atoms with E-state index >= 15 is 0 Å². The molecule has 1 aromatic heterocycles. The Morgan fingerprint density at radius 2 is 1.94 bits per heavy atom. The number of hydrogen-bond donors (Lipinski definition) is 2. The maximum absolute atomic E-state index is 12.8. The summed E-state index contributed by atoms with van der Waals surface area (Å²) in [6, 6.07) is 14.7. The standard InChI is InChI=1S/C23H23F3N4O/c24-23(25,26)17-8-4-9-18(12-17)27-14-22(31)29-20-10-5-11-21-19(20)13-28-30(21)15-16-6-2-1-3-7-16/h1-4,6-9,12-13,20,27H,5,10-11,14-15H2,(H,29,31). The number of halogens is 3. The van der Waals surface area contributed by atoms with Gasteiger partial charge in [-0.1, -0.05) is 36.4 Å². The summed E-state index contributed by atoms with van der Waals surface area (Å²) in [6.07, 6.45) is 0.0246. The fourth-order valence-corrected chi connectivity index (χ4v) is 3.89. The number of nitrogens with zero attached hydrogens (tertiary/aromatic N) is 2. The van der Waals surface area contributed by atoms with Crippen molar-refractivity contribution in [2.75, 3.05) is 11.9 Å². The van der Waals surface area contributed by atoms with E-state index in [9.17, 15) is 18.0 Å². The van der Waals surface area contributed by atoms with Gasteiger partial charge in [0.05, 0.1) is 30.9 Å². The smallest absolute Gasteiger partial charge is 0.376 e. The Balaban J connectivity index is 1.38. The van der Waals surface area contributed by atoms with Crippen LogP contribution in [0.3, 0.4) is 0 Å². The average molecular weight is 428 g/mol. The molecule has 0 fully saturated rings. The summed E-state index contributed by atoms with van der Waals surface area (Å²) in [5, 5.41) is 10.3. The Labute approximate surface area is 178 Å². The molecule has 1 atom stereocenters. The molecule has 2 aromatic carbocycles. The number of rotatable bonds is 6. The lowest BCUT2D eigenvalue weighted by Gasteiger charge is -2.24. The molecule has 3 aromatic rings. The monoisotopic (exact) mass is 428 g/mol. The molecule has 0 aliphatic heterocycles. The van der Waals surface area contributed by atoms with Crippen molar-refractivity contribution < 1.29 is 18.0 Å². The van der Waals surface area contributed by atoms with E-state index in [1.165, 1.54) is 12.1 Å². The molecule has 162 valence electrons. The van der Waals surface area contributed by atoms with Gasteiger partial charge in [0.25, 0.3) is 0 Å². The first kappa shape index (κ1) is 21.0. The number of anilines is 1. The zero-order valence-corrected chi connectivity index (χ0v) is 16.8. The molecular weight excluding hydrogens is 405 g/mol. The van der Waals surface area contributed by atoms with Crippen molar-refractivity contribution in [1.29, 1.82) is 0 Å². The highest BCUT2D eigenvalue weighted by molar-refractivity contribution is 5.81. The van der Waals surface area contributed by atoms with Gasteiger partial charge < -0.3 is 10.6 Å². The van der Waals surface area contributed by atoms with Crippen LogP contribution in [-0.4, -0.2) is 22.2 Å². The number of nitrogens with one attached hydrogen (secondary N) is 2. The van der Waals surface area contributed by atoms with Crippen LogP contribution < -0.4 is 10.6 Å². The number of amides is 1. The summed E-state index contributed by atoms with van der Waals surface area (Å²) in [4.78, 5) is 12.5. The van der Waals surface area contributed by atoms with Crippen LogP contribution in [0.15, 0.2) is 60.8 Å². The second kappa shape index (κ2) is 8.83. The van der Waals surface area contributed by atoms with Crippen LogP contribution in [0.1, 0.15) is 41.3 Å². The third kappa shape index (κ3) is 5.07. The number of alkyl halides is 3. The molecule has 1 amide bonds. The molecule has 0 bridgehead atoms. The van der Waals surface area contributed by atoms with E-state index in [-0.39, 0.29) is 24.2 Å². The third-order valence-electron chi connectivity index (χ3n) is 5.42. The minimum absolute atomic E-state index is 0.106. The Hall–Kier alpha value is -3.29. The van der Waals surface area contributed by atoms with E-state index < -0.39 is 11.7 Å². The fourth-order valence-electron chi connectivity index (χ4n) is 3.89. The quantitative estimate of drug-likeness (QED) is 0.605. The van der Waals surface area contributed by atoms with Gasteiger partial charge in [0.15, 0.2) is 0 Å². The first-order chi connectivity index (χ1) is 14.9. The Morgan fingerprint density at radius 3 is 2.71 bits per heavy atom. The molecule has 1 aliphatic carbocycles. The van der Waals surface area contributed by atoms with E-state index in [1.807, 2.05) is 29.1 Å². The Bertz CT molecular complexity index is 1050. The number of carbonyl (C=O) groups excluding carboxylic acids is 1. The van der Waals surface area contributed by atoms with E-state index in [4.69, 9.17) is 0 Å². The van der Waals surface area contributed by atoms with E-state index in [1.54, 1.807) is 0 Å². The summed E-state index contributed by atoms with van der Waals surface area (Å²) in [6.45, 7) is 0.569. The molecule has 0 saturated carbocycles. The molecule has 8 heteroatoms.